The molecule has 2 atom stereocenters. The average molecular weight is 246 g/mol. The maximum Gasteiger partial charge on any atom is 0.106 e. The van der Waals surface area contributed by atoms with Crippen LogP contribution in [-0.4, -0.2) is 6.10 Å². The van der Waals surface area contributed by atoms with Gasteiger partial charge >= 0.3 is 0 Å². The van der Waals surface area contributed by atoms with Crippen molar-refractivity contribution in [1.29, 1.82) is 0 Å². The molecule has 3 rings (SSSR count). The fourth-order valence-corrected chi connectivity index (χ4v) is 4.01. The lowest BCUT2D eigenvalue weighted by Gasteiger charge is -2.25. The molecule has 2 unspecified atom stereocenters. The number of ether oxygens (including phenoxy) is 1. The minimum absolute atomic E-state index is 0.468. The van der Waals surface area contributed by atoms with Gasteiger partial charge in [-0.1, -0.05) is 36.4 Å². The summed E-state index contributed by atoms with van der Waals surface area (Å²) in [7, 11) is 0. The van der Waals surface area contributed by atoms with Crippen molar-refractivity contribution in [3.8, 4) is 0 Å². The van der Waals surface area contributed by atoms with Crippen molar-refractivity contribution < 1.29 is 4.74 Å². The first-order valence-corrected chi connectivity index (χ1v) is 7.26. The summed E-state index contributed by atoms with van der Waals surface area (Å²) in [5.74, 6) is 1.82. The van der Waals surface area contributed by atoms with Crippen LogP contribution in [0, 0.1) is 5.92 Å². The van der Waals surface area contributed by atoms with Crippen molar-refractivity contribution in [3.63, 3.8) is 0 Å². The van der Waals surface area contributed by atoms with E-state index in [1.165, 1.54) is 35.5 Å². The zero-order valence-corrected chi connectivity index (χ0v) is 11.0. The number of hydrogen-bond donors (Lipinski definition) is 0. The van der Waals surface area contributed by atoms with Gasteiger partial charge in [0.2, 0.25) is 0 Å². The van der Waals surface area contributed by atoms with E-state index in [0.29, 0.717) is 12.0 Å². The fourth-order valence-electron chi connectivity index (χ4n) is 2.85. The molecule has 2 aliphatic rings. The number of rotatable bonds is 2. The summed E-state index contributed by atoms with van der Waals surface area (Å²) in [5.41, 5.74) is 0. The van der Waals surface area contributed by atoms with Crippen LogP contribution < -0.4 is 0 Å². The van der Waals surface area contributed by atoms with E-state index in [-0.39, 0.29) is 0 Å². The standard InChI is InChI=1S/C15H18OS/c1-11-15(17-12-7-3-2-4-8-12)13-9-5-6-10-14(13)16-11/h2-4,7-8,13-14H,5-6,9-10H2,1H3. The first-order chi connectivity index (χ1) is 8.34. The topological polar surface area (TPSA) is 9.23 Å². The van der Waals surface area contributed by atoms with Crippen LogP contribution in [-0.2, 0) is 4.74 Å². The van der Waals surface area contributed by atoms with E-state index in [0.717, 1.165) is 5.76 Å². The van der Waals surface area contributed by atoms with Gasteiger partial charge in [0, 0.05) is 15.7 Å². The molecule has 1 aliphatic heterocycles. The average Bonchev–Trinajstić information content (AvgIpc) is 2.68. The van der Waals surface area contributed by atoms with Gasteiger partial charge in [-0.3, -0.25) is 0 Å². The normalized spacial score (nSPS) is 27.8. The Kier molecular flexibility index (Phi) is 3.15. The van der Waals surface area contributed by atoms with Crippen LogP contribution in [0.25, 0.3) is 0 Å². The van der Waals surface area contributed by atoms with E-state index in [2.05, 4.69) is 37.3 Å². The monoisotopic (exact) mass is 246 g/mol. The molecule has 1 saturated carbocycles. The SMILES string of the molecule is CC1=C(Sc2ccccc2)C2CCCCC2O1. The molecule has 0 bridgehead atoms. The van der Waals surface area contributed by atoms with Crippen LogP contribution in [0.15, 0.2) is 45.9 Å². The van der Waals surface area contributed by atoms with Crippen molar-refractivity contribution in [2.45, 2.75) is 43.6 Å². The number of benzene rings is 1. The molecule has 0 spiro atoms. The highest BCUT2D eigenvalue weighted by Crippen LogP contribution is 2.47. The second-order valence-corrected chi connectivity index (χ2v) is 6.00. The van der Waals surface area contributed by atoms with Gasteiger partial charge in [0.1, 0.15) is 11.9 Å². The maximum absolute atomic E-state index is 6.01. The molecule has 17 heavy (non-hydrogen) atoms. The Balaban J connectivity index is 1.80. The van der Waals surface area contributed by atoms with Gasteiger partial charge in [0.05, 0.1) is 0 Å². The van der Waals surface area contributed by atoms with Crippen molar-refractivity contribution in [2.75, 3.05) is 0 Å². The quantitative estimate of drug-likeness (QED) is 0.754. The molecule has 1 aromatic rings. The van der Waals surface area contributed by atoms with Crippen molar-refractivity contribution in [2.24, 2.45) is 5.92 Å². The molecular formula is C15H18OS. The highest BCUT2D eigenvalue weighted by Gasteiger charge is 2.36. The molecule has 0 aromatic heterocycles. The van der Waals surface area contributed by atoms with Crippen molar-refractivity contribution >= 4 is 11.8 Å². The lowest BCUT2D eigenvalue weighted by molar-refractivity contribution is 0.0833. The molecule has 0 N–H and O–H groups in total. The second kappa shape index (κ2) is 4.77. The summed E-state index contributed by atoms with van der Waals surface area (Å²) in [5, 5.41) is 0. The third-order valence-electron chi connectivity index (χ3n) is 3.69. The lowest BCUT2D eigenvalue weighted by atomic mass is 9.87. The summed E-state index contributed by atoms with van der Waals surface area (Å²) in [6.45, 7) is 2.13. The van der Waals surface area contributed by atoms with Crippen LogP contribution in [0.3, 0.4) is 0 Å². The number of hydrogen-bond acceptors (Lipinski definition) is 2. The highest BCUT2D eigenvalue weighted by atomic mass is 32.2. The third-order valence-corrected chi connectivity index (χ3v) is 5.00. The first kappa shape index (κ1) is 11.2. The Morgan fingerprint density at radius 1 is 1.12 bits per heavy atom. The van der Waals surface area contributed by atoms with Gasteiger partial charge in [0.25, 0.3) is 0 Å². The predicted octanol–water partition coefficient (Wildman–Crippen LogP) is 4.60. The maximum atomic E-state index is 6.01. The van der Waals surface area contributed by atoms with E-state index < -0.39 is 0 Å². The fraction of sp³-hybridized carbons (Fsp3) is 0.467. The van der Waals surface area contributed by atoms with Crippen LogP contribution >= 0.6 is 11.8 Å². The highest BCUT2D eigenvalue weighted by molar-refractivity contribution is 8.03. The summed E-state index contributed by atoms with van der Waals surface area (Å²) < 4.78 is 6.01. The van der Waals surface area contributed by atoms with Crippen LogP contribution in [0.4, 0.5) is 0 Å². The first-order valence-electron chi connectivity index (χ1n) is 6.45. The van der Waals surface area contributed by atoms with E-state index in [9.17, 15) is 0 Å². The Labute approximate surface area is 107 Å². The minimum atomic E-state index is 0.468. The van der Waals surface area contributed by atoms with Gasteiger partial charge in [0.15, 0.2) is 0 Å². The lowest BCUT2D eigenvalue weighted by Crippen LogP contribution is -2.22. The molecule has 1 fully saturated rings. The molecule has 0 amide bonds. The molecular weight excluding hydrogens is 228 g/mol. The predicted molar refractivity (Wildman–Crippen MR) is 71.8 cm³/mol. The molecule has 1 heterocycles. The van der Waals surface area contributed by atoms with E-state index in [4.69, 9.17) is 4.74 Å². The summed E-state index contributed by atoms with van der Waals surface area (Å²) in [4.78, 5) is 2.80. The molecule has 0 radical (unpaired) electrons. The van der Waals surface area contributed by atoms with Gasteiger partial charge in [-0.2, -0.15) is 0 Å². The molecule has 2 heteroatoms. The molecule has 1 aliphatic carbocycles. The van der Waals surface area contributed by atoms with E-state index >= 15 is 0 Å². The second-order valence-electron chi connectivity index (χ2n) is 4.88. The largest absolute Gasteiger partial charge is 0.494 e. The molecule has 0 saturated heterocycles. The van der Waals surface area contributed by atoms with Crippen molar-refractivity contribution in [1.82, 2.24) is 0 Å². The summed E-state index contributed by atoms with van der Waals surface area (Å²) >= 11 is 1.90. The van der Waals surface area contributed by atoms with Gasteiger partial charge < -0.3 is 4.74 Å². The third kappa shape index (κ3) is 2.23. The Morgan fingerprint density at radius 2 is 1.88 bits per heavy atom. The van der Waals surface area contributed by atoms with Gasteiger partial charge in [-0.25, -0.2) is 0 Å². The molecule has 1 aromatic carbocycles. The van der Waals surface area contributed by atoms with Crippen molar-refractivity contribution in [3.05, 3.63) is 41.0 Å². The van der Waals surface area contributed by atoms with E-state index in [1.807, 2.05) is 11.8 Å². The molecule has 1 nitrogen and oxygen atoms in total. The van der Waals surface area contributed by atoms with E-state index in [1.54, 1.807) is 0 Å². The van der Waals surface area contributed by atoms with Crippen LogP contribution in [0.1, 0.15) is 32.6 Å². The number of thioether (sulfide) groups is 1. The summed E-state index contributed by atoms with van der Waals surface area (Å²) in [6, 6.07) is 10.6. The number of allylic oxidation sites excluding steroid dienone is 1. The van der Waals surface area contributed by atoms with Gasteiger partial charge in [-0.05, 0) is 38.3 Å². The Morgan fingerprint density at radius 3 is 2.71 bits per heavy atom. The zero-order chi connectivity index (χ0) is 11.7. The van der Waals surface area contributed by atoms with Crippen LogP contribution in [0.2, 0.25) is 0 Å². The minimum Gasteiger partial charge on any atom is -0.494 e. The number of fused-ring (bicyclic) bond motifs is 1. The Hall–Kier alpha value is -0.890. The Bertz CT molecular complexity index is 424. The zero-order valence-electron chi connectivity index (χ0n) is 10.2. The summed E-state index contributed by atoms with van der Waals surface area (Å²) in [6.07, 6.45) is 5.70. The van der Waals surface area contributed by atoms with Crippen LogP contribution in [0.5, 0.6) is 0 Å². The molecule has 90 valence electrons. The van der Waals surface area contributed by atoms with Gasteiger partial charge in [-0.15, -0.1) is 0 Å². The smallest absolute Gasteiger partial charge is 0.106 e.